The number of hydrogen-bond donors (Lipinski definition) is 1. The van der Waals surface area contributed by atoms with Crippen molar-refractivity contribution in [3.05, 3.63) is 99.9 Å². The first-order chi connectivity index (χ1) is 17.7. The summed E-state index contributed by atoms with van der Waals surface area (Å²) >= 11 is 12.5. The number of nitrogens with two attached hydrogens (primary N) is 1. The van der Waals surface area contributed by atoms with Crippen molar-refractivity contribution >= 4 is 41.0 Å². The number of hydrogen-bond acceptors (Lipinski definition) is 3. The number of rotatable bonds is 9. The number of alkyl halides is 3. The van der Waals surface area contributed by atoms with Gasteiger partial charge in [0.1, 0.15) is 11.6 Å². The Labute approximate surface area is 223 Å². The van der Waals surface area contributed by atoms with Crippen LogP contribution in [0.2, 0.25) is 10.0 Å². The Morgan fingerprint density at radius 2 is 1.68 bits per heavy atom. The molecule has 0 radical (unpaired) electrons. The molecule has 192 valence electrons. The molecule has 0 saturated carbocycles. The highest BCUT2D eigenvalue weighted by Gasteiger charge is 2.26. The van der Waals surface area contributed by atoms with Crippen LogP contribution in [0.5, 0.6) is 5.75 Å². The minimum Gasteiger partial charge on any atom is -0.494 e. The molecule has 4 rings (SSSR count). The topological polar surface area (TPSA) is 53.1 Å². The van der Waals surface area contributed by atoms with E-state index in [0.717, 1.165) is 16.7 Å². The zero-order chi connectivity index (χ0) is 26.4. The van der Waals surface area contributed by atoms with Crippen LogP contribution in [-0.2, 0) is 6.54 Å². The van der Waals surface area contributed by atoms with Gasteiger partial charge in [0.25, 0.3) is 0 Å². The van der Waals surface area contributed by atoms with E-state index in [1.165, 1.54) is 0 Å². The normalized spacial score (nSPS) is 11.8. The monoisotopic (exact) mass is 545 g/mol. The molecule has 0 amide bonds. The molecule has 0 saturated heterocycles. The SMILES string of the molecule is Nc1ccc(Cn2cc(-c3ccc(Cl)cc3Cl)nc2C=Cc2ccc(OCCCC(F)(F)F)cc2)cc1. The molecule has 0 unspecified atom stereocenters. The molecular formula is C28H24Cl2F3N3O. The van der Waals surface area contributed by atoms with Crippen molar-refractivity contribution in [2.75, 3.05) is 12.3 Å². The molecule has 1 aromatic heterocycles. The Hall–Kier alpha value is -3.42. The fourth-order valence-electron chi connectivity index (χ4n) is 3.65. The van der Waals surface area contributed by atoms with Crippen LogP contribution in [0.3, 0.4) is 0 Å². The van der Waals surface area contributed by atoms with Crippen molar-refractivity contribution < 1.29 is 17.9 Å². The van der Waals surface area contributed by atoms with Crippen molar-refractivity contribution in [2.24, 2.45) is 0 Å². The van der Waals surface area contributed by atoms with Gasteiger partial charge in [0.2, 0.25) is 0 Å². The largest absolute Gasteiger partial charge is 0.494 e. The zero-order valence-corrected chi connectivity index (χ0v) is 21.2. The van der Waals surface area contributed by atoms with Gasteiger partial charge < -0.3 is 15.0 Å². The van der Waals surface area contributed by atoms with Crippen molar-refractivity contribution in [3.8, 4) is 17.0 Å². The maximum Gasteiger partial charge on any atom is 0.389 e. The van der Waals surface area contributed by atoms with Gasteiger partial charge in [-0.1, -0.05) is 53.5 Å². The smallest absolute Gasteiger partial charge is 0.389 e. The highest BCUT2D eigenvalue weighted by atomic mass is 35.5. The fraction of sp³-hybridized carbons (Fsp3) is 0.179. The van der Waals surface area contributed by atoms with Crippen LogP contribution in [0.25, 0.3) is 23.4 Å². The molecule has 37 heavy (non-hydrogen) atoms. The zero-order valence-electron chi connectivity index (χ0n) is 19.7. The number of nitrogens with zero attached hydrogens (tertiary/aromatic N) is 2. The Morgan fingerprint density at radius 1 is 0.946 bits per heavy atom. The van der Waals surface area contributed by atoms with Gasteiger partial charge >= 0.3 is 6.18 Å². The summed E-state index contributed by atoms with van der Waals surface area (Å²) in [7, 11) is 0. The predicted octanol–water partition coefficient (Wildman–Crippen LogP) is 8.38. The van der Waals surface area contributed by atoms with Crippen LogP contribution in [-0.4, -0.2) is 22.3 Å². The summed E-state index contributed by atoms with van der Waals surface area (Å²) in [6, 6.07) is 20.0. The number of nitrogen functional groups attached to an aromatic ring is 1. The van der Waals surface area contributed by atoms with E-state index >= 15 is 0 Å². The lowest BCUT2D eigenvalue weighted by atomic mass is 10.2. The van der Waals surface area contributed by atoms with Crippen LogP contribution in [0.4, 0.5) is 18.9 Å². The summed E-state index contributed by atoms with van der Waals surface area (Å²) in [6.07, 6.45) is 0.619. The van der Waals surface area contributed by atoms with E-state index < -0.39 is 12.6 Å². The van der Waals surface area contributed by atoms with Crippen molar-refractivity contribution in [3.63, 3.8) is 0 Å². The molecule has 0 spiro atoms. The summed E-state index contributed by atoms with van der Waals surface area (Å²) in [4.78, 5) is 4.79. The number of aromatic nitrogens is 2. The van der Waals surface area contributed by atoms with Gasteiger partial charge in [-0.2, -0.15) is 13.2 Å². The van der Waals surface area contributed by atoms with Crippen molar-refractivity contribution in [1.82, 2.24) is 9.55 Å². The average molecular weight is 546 g/mol. The number of ether oxygens (including phenoxy) is 1. The third-order valence-corrected chi connectivity index (χ3v) is 6.07. The lowest BCUT2D eigenvalue weighted by molar-refractivity contribution is -0.136. The molecule has 4 nitrogen and oxygen atoms in total. The maximum atomic E-state index is 12.3. The van der Waals surface area contributed by atoms with Gasteiger partial charge in [0.15, 0.2) is 0 Å². The second-order valence-corrected chi connectivity index (χ2v) is 9.29. The minimum atomic E-state index is -4.17. The lowest BCUT2D eigenvalue weighted by Gasteiger charge is -2.08. The summed E-state index contributed by atoms with van der Waals surface area (Å²) in [5, 5.41) is 1.05. The van der Waals surface area contributed by atoms with Crippen LogP contribution < -0.4 is 10.5 Å². The first-order valence-corrected chi connectivity index (χ1v) is 12.3. The molecule has 9 heteroatoms. The molecular weight excluding hydrogens is 522 g/mol. The van der Waals surface area contributed by atoms with E-state index in [-0.39, 0.29) is 13.0 Å². The molecule has 0 bridgehead atoms. The lowest BCUT2D eigenvalue weighted by Crippen LogP contribution is -2.09. The molecule has 0 atom stereocenters. The molecule has 0 fully saturated rings. The Balaban J connectivity index is 1.53. The van der Waals surface area contributed by atoms with E-state index in [1.807, 2.05) is 65.4 Å². The Bertz CT molecular complexity index is 1370. The number of benzene rings is 3. The fourth-order valence-corrected chi connectivity index (χ4v) is 4.15. The minimum absolute atomic E-state index is 0.00724. The second kappa shape index (κ2) is 11.8. The summed E-state index contributed by atoms with van der Waals surface area (Å²) in [5.41, 5.74) is 9.93. The number of anilines is 1. The van der Waals surface area contributed by atoms with Gasteiger partial charge in [0, 0.05) is 35.4 Å². The Morgan fingerprint density at radius 3 is 2.35 bits per heavy atom. The third-order valence-electron chi connectivity index (χ3n) is 5.53. The van der Waals surface area contributed by atoms with Crippen LogP contribution in [0, 0.1) is 0 Å². The standard InChI is InChI=1S/C28H24Cl2F3N3O/c29-21-7-12-24(25(30)16-21)26-18-36(17-20-2-8-22(34)9-3-20)27(35-26)13-6-19-4-10-23(11-5-19)37-15-1-14-28(31,32)33/h2-13,16,18H,1,14-15,17,34H2. The highest BCUT2D eigenvalue weighted by Crippen LogP contribution is 2.30. The van der Waals surface area contributed by atoms with Crippen LogP contribution >= 0.6 is 23.2 Å². The Kier molecular flexibility index (Phi) is 8.46. The van der Waals surface area contributed by atoms with E-state index in [1.54, 1.807) is 24.3 Å². The van der Waals surface area contributed by atoms with Gasteiger partial charge in [0.05, 0.1) is 17.3 Å². The molecule has 4 aromatic rings. The van der Waals surface area contributed by atoms with E-state index in [2.05, 4.69) is 0 Å². The highest BCUT2D eigenvalue weighted by molar-refractivity contribution is 6.36. The van der Waals surface area contributed by atoms with Gasteiger partial charge in [-0.05, 0) is 66.1 Å². The summed E-state index contributed by atoms with van der Waals surface area (Å²) in [6.45, 7) is 0.580. The van der Waals surface area contributed by atoms with Crippen LogP contribution in [0.15, 0.2) is 72.9 Å². The summed E-state index contributed by atoms with van der Waals surface area (Å²) in [5.74, 6) is 1.23. The number of halogens is 5. The first kappa shape index (κ1) is 26.6. The molecule has 2 N–H and O–H groups in total. The van der Waals surface area contributed by atoms with E-state index in [4.69, 9.17) is 38.7 Å². The van der Waals surface area contributed by atoms with Crippen LogP contribution in [0.1, 0.15) is 29.8 Å². The maximum absolute atomic E-state index is 12.3. The summed E-state index contributed by atoms with van der Waals surface area (Å²) < 4.78 is 44.2. The third kappa shape index (κ3) is 7.78. The molecule has 0 aliphatic rings. The van der Waals surface area contributed by atoms with Crippen molar-refractivity contribution in [2.45, 2.75) is 25.6 Å². The van der Waals surface area contributed by atoms with Gasteiger partial charge in [-0.15, -0.1) is 0 Å². The number of imidazole rings is 1. The van der Waals surface area contributed by atoms with Gasteiger partial charge in [-0.25, -0.2) is 4.98 Å². The quantitative estimate of drug-likeness (QED) is 0.170. The molecule has 0 aliphatic heterocycles. The predicted molar refractivity (Wildman–Crippen MR) is 144 cm³/mol. The van der Waals surface area contributed by atoms with E-state index in [0.29, 0.717) is 39.5 Å². The second-order valence-electron chi connectivity index (χ2n) is 8.45. The van der Waals surface area contributed by atoms with Gasteiger partial charge in [-0.3, -0.25) is 0 Å². The van der Waals surface area contributed by atoms with Crippen molar-refractivity contribution in [1.29, 1.82) is 0 Å². The first-order valence-electron chi connectivity index (χ1n) is 11.5. The molecule has 0 aliphatic carbocycles. The molecule has 3 aromatic carbocycles. The molecule has 1 heterocycles. The van der Waals surface area contributed by atoms with E-state index in [9.17, 15) is 13.2 Å². The average Bonchev–Trinajstić information content (AvgIpc) is 3.24.